The van der Waals surface area contributed by atoms with Gasteiger partial charge in [0.2, 0.25) is 0 Å². The number of aliphatic hydroxyl groups is 3. The summed E-state index contributed by atoms with van der Waals surface area (Å²) in [6.45, 7) is 4.01. The molecule has 0 amide bonds. The van der Waals surface area contributed by atoms with E-state index < -0.39 is 12.2 Å². The molecule has 4 aliphatic carbocycles. The summed E-state index contributed by atoms with van der Waals surface area (Å²) < 4.78 is 0. The first-order valence-corrected chi connectivity index (χ1v) is 10.3. The number of rotatable bonds is 2. The fourth-order valence-corrected chi connectivity index (χ4v) is 7.76. The Kier molecular flexibility index (Phi) is 4.37. The van der Waals surface area contributed by atoms with Gasteiger partial charge < -0.3 is 15.3 Å². The summed E-state index contributed by atoms with van der Waals surface area (Å²) in [5, 5.41) is 30.2. The lowest BCUT2D eigenvalue weighted by atomic mass is 9.44. The van der Waals surface area contributed by atoms with Gasteiger partial charge in [-0.1, -0.05) is 13.8 Å². The molecule has 26 heavy (non-hydrogen) atoms. The molecular formula is C21H32O5. The number of Topliss-reactive ketones (excluding diaryl/α,β-unsaturated/α-hetero) is 2. The van der Waals surface area contributed by atoms with E-state index in [1.54, 1.807) is 0 Å². The maximum absolute atomic E-state index is 13.4. The minimum Gasteiger partial charge on any atom is -0.394 e. The third kappa shape index (κ3) is 2.33. The van der Waals surface area contributed by atoms with Crippen molar-refractivity contribution in [2.24, 2.45) is 40.4 Å². The average molecular weight is 364 g/mol. The topological polar surface area (TPSA) is 94.8 Å². The summed E-state index contributed by atoms with van der Waals surface area (Å²) in [7, 11) is 0. The van der Waals surface area contributed by atoms with Gasteiger partial charge >= 0.3 is 0 Å². The van der Waals surface area contributed by atoms with Crippen molar-refractivity contribution in [3.05, 3.63) is 0 Å². The van der Waals surface area contributed by atoms with Crippen molar-refractivity contribution < 1.29 is 24.9 Å². The maximum atomic E-state index is 13.4. The van der Waals surface area contributed by atoms with Gasteiger partial charge in [-0.2, -0.15) is 0 Å². The van der Waals surface area contributed by atoms with Gasteiger partial charge in [-0.3, -0.25) is 9.59 Å². The van der Waals surface area contributed by atoms with Crippen molar-refractivity contribution in [2.75, 3.05) is 6.61 Å². The van der Waals surface area contributed by atoms with Gasteiger partial charge in [-0.25, -0.2) is 0 Å². The molecule has 4 rings (SSSR count). The number of ketones is 2. The fourth-order valence-electron chi connectivity index (χ4n) is 7.76. The van der Waals surface area contributed by atoms with E-state index in [-0.39, 0.29) is 52.7 Å². The molecular weight excluding hydrogens is 332 g/mol. The fraction of sp³-hybridized carbons (Fsp3) is 0.905. The third-order valence-electron chi connectivity index (χ3n) is 8.97. The molecule has 0 aliphatic heterocycles. The molecule has 3 unspecified atom stereocenters. The molecule has 0 bridgehead atoms. The van der Waals surface area contributed by atoms with Crippen LogP contribution < -0.4 is 0 Å². The lowest BCUT2D eigenvalue weighted by Gasteiger charge is -2.60. The number of carbonyl (C=O) groups excluding carboxylic acids is 2. The van der Waals surface area contributed by atoms with Crippen LogP contribution in [0.25, 0.3) is 0 Å². The first kappa shape index (κ1) is 18.6. The van der Waals surface area contributed by atoms with Crippen LogP contribution in [0.4, 0.5) is 0 Å². The molecule has 0 heterocycles. The Balaban J connectivity index is 1.68. The highest BCUT2D eigenvalue weighted by Crippen LogP contribution is 2.66. The number of hydrogen-bond donors (Lipinski definition) is 3. The standard InChI is InChI=1S/C21H32O5/c1-20-8-7-15(23)19(26)14(20)4-3-11-12-5-6-13(17(25)10-22)21(12,2)9-16(24)18(11)20/h11-14,17-19,22,25-26H,3-10H2,1-2H3/t11-,12-,13+,14?,17?,18+,19?,20-,21-/m0/s1. The highest BCUT2D eigenvalue weighted by Gasteiger charge is 2.65. The average Bonchev–Trinajstić information content (AvgIpc) is 2.94. The smallest absolute Gasteiger partial charge is 0.161 e. The highest BCUT2D eigenvalue weighted by molar-refractivity contribution is 5.87. The molecule has 0 spiro atoms. The second-order valence-corrected chi connectivity index (χ2v) is 9.93. The maximum Gasteiger partial charge on any atom is 0.161 e. The molecule has 3 N–H and O–H groups in total. The van der Waals surface area contributed by atoms with E-state index in [9.17, 15) is 24.9 Å². The molecule has 0 radical (unpaired) electrons. The van der Waals surface area contributed by atoms with Gasteiger partial charge in [0, 0.05) is 18.8 Å². The van der Waals surface area contributed by atoms with Crippen LogP contribution in [0.3, 0.4) is 0 Å². The summed E-state index contributed by atoms with van der Waals surface area (Å²) >= 11 is 0. The van der Waals surface area contributed by atoms with Crippen molar-refractivity contribution >= 4 is 11.6 Å². The largest absolute Gasteiger partial charge is 0.394 e. The minimum absolute atomic E-state index is 0.0218. The first-order chi connectivity index (χ1) is 12.2. The predicted octanol–water partition coefficient (Wildman–Crippen LogP) is 1.72. The van der Waals surface area contributed by atoms with Crippen molar-refractivity contribution in [3.8, 4) is 0 Å². The van der Waals surface area contributed by atoms with Crippen molar-refractivity contribution in [1.82, 2.24) is 0 Å². The van der Waals surface area contributed by atoms with E-state index in [0.29, 0.717) is 25.2 Å². The van der Waals surface area contributed by atoms with Crippen molar-refractivity contribution in [2.45, 2.75) is 71.0 Å². The number of fused-ring (bicyclic) bond motifs is 5. The van der Waals surface area contributed by atoms with Crippen LogP contribution >= 0.6 is 0 Å². The minimum atomic E-state index is -0.914. The molecule has 146 valence electrons. The van der Waals surface area contributed by atoms with Crippen LogP contribution in [-0.4, -0.2) is 45.7 Å². The Morgan fingerprint density at radius 2 is 1.73 bits per heavy atom. The zero-order valence-electron chi connectivity index (χ0n) is 15.9. The predicted molar refractivity (Wildman–Crippen MR) is 95.1 cm³/mol. The van der Waals surface area contributed by atoms with Gasteiger partial charge in [0.1, 0.15) is 11.9 Å². The van der Waals surface area contributed by atoms with Crippen molar-refractivity contribution in [1.29, 1.82) is 0 Å². The molecule has 0 aromatic carbocycles. The van der Waals surface area contributed by atoms with Crippen LogP contribution in [0, 0.1) is 40.4 Å². The van der Waals surface area contributed by atoms with E-state index in [2.05, 4.69) is 13.8 Å². The van der Waals surface area contributed by atoms with E-state index in [1.807, 2.05) is 0 Å². The van der Waals surface area contributed by atoms with Crippen LogP contribution in [0.2, 0.25) is 0 Å². The third-order valence-corrected chi connectivity index (χ3v) is 8.97. The highest BCUT2D eigenvalue weighted by atomic mass is 16.3. The second kappa shape index (κ2) is 6.11. The molecule has 4 aliphatic rings. The number of hydrogen-bond acceptors (Lipinski definition) is 5. The van der Waals surface area contributed by atoms with Gasteiger partial charge in [0.15, 0.2) is 5.78 Å². The van der Waals surface area contributed by atoms with Gasteiger partial charge in [0.25, 0.3) is 0 Å². The Bertz CT molecular complexity index is 618. The van der Waals surface area contributed by atoms with E-state index in [0.717, 1.165) is 25.7 Å². The Morgan fingerprint density at radius 1 is 1.04 bits per heavy atom. The lowest BCUT2D eigenvalue weighted by molar-refractivity contribution is -0.174. The monoisotopic (exact) mass is 364 g/mol. The molecule has 0 aromatic heterocycles. The zero-order valence-corrected chi connectivity index (χ0v) is 15.9. The molecule has 5 heteroatoms. The zero-order chi connectivity index (χ0) is 18.9. The van der Waals surface area contributed by atoms with Gasteiger partial charge in [-0.15, -0.1) is 0 Å². The Labute approximate surface area is 155 Å². The quantitative estimate of drug-likeness (QED) is 0.693. The summed E-state index contributed by atoms with van der Waals surface area (Å²) in [6, 6.07) is 0. The normalized spacial score (nSPS) is 52.2. The van der Waals surface area contributed by atoms with Crippen LogP contribution in [-0.2, 0) is 9.59 Å². The molecule has 4 saturated carbocycles. The van der Waals surface area contributed by atoms with E-state index in [4.69, 9.17) is 0 Å². The van der Waals surface area contributed by atoms with Gasteiger partial charge in [-0.05, 0) is 66.6 Å². The van der Waals surface area contributed by atoms with Crippen LogP contribution in [0.5, 0.6) is 0 Å². The van der Waals surface area contributed by atoms with Gasteiger partial charge in [0.05, 0.1) is 12.7 Å². The summed E-state index contributed by atoms with van der Waals surface area (Å²) in [5.41, 5.74) is -0.533. The SMILES string of the molecule is C[C@]12CC(=O)[C@H]3[C@@H](CCC4C(O)C(=O)CC[C@@]43C)[C@@H]1CC[C@@H]2C(O)CO. The molecule has 0 aromatic rings. The number of aliphatic hydroxyl groups excluding tert-OH is 3. The molecule has 0 saturated heterocycles. The van der Waals surface area contributed by atoms with E-state index >= 15 is 0 Å². The molecule has 5 nitrogen and oxygen atoms in total. The molecule has 9 atom stereocenters. The summed E-state index contributed by atoms with van der Waals surface area (Å²) in [6.07, 6.45) is 3.40. The van der Waals surface area contributed by atoms with Crippen molar-refractivity contribution in [3.63, 3.8) is 0 Å². The Hall–Kier alpha value is -0.780. The van der Waals surface area contributed by atoms with E-state index in [1.165, 1.54) is 0 Å². The summed E-state index contributed by atoms with van der Waals surface area (Å²) in [4.78, 5) is 25.4. The Morgan fingerprint density at radius 3 is 2.42 bits per heavy atom. The summed E-state index contributed by atoms with van der Waals surface area (Å²) in [5.74, 6) is 0.644. The first-order valence-electron chi connectivity index (χ1n) is 10.3. The molecule has 4 fully saturated rings. The lowest BCUT2D eigenvalue weighted by Crippen LogP contribution is -2.60. The van der Waals surface area contributed by atoms with Crippen LogP contribution in [0.15, 0.2) is 0 Å². The second-order valence-electron chi connectivity index (χ2n) is 9.93. The van der Waals surface area contributed by atoms with Crippen LogP contribution in [0.1, 0.15) is 58.8 Å². The number of carbonyl (C=O) groups is 2.